The van der Waals surface area contributed by atoms with Crippen molar-refractivity contribution in [3.05, 3.63) is 133 Å². The first-order valence-electron chi connectivity index (χ1n) is 15.0. The minimum Gasteiger partial charge on any atom is -0.508 e. The number of carbonyl (C=O) groups is 2. The quantitative estimate of drug-likeness (QED) is 0.187. The van der Waals surface area contributed by atoms with Gasteiger partial charge in [0.25, 0.3) is 11.4 Å². The van der Waals surface area contributed by atoms with E-state index in [-0.39, 0.29) is 60.2 Å². The standard InChI is InChI=1S/C34H29N5O8/c40-29-12-10-23(38(44)45)15-21(29)17-34-18-28-31(42)36(19-22-16-24(39(46)47)11-13-30(22)41)27(14-20-6-2-1-3-7-20)32(43)37(28)33(34)35-26-9-5-4-8-25(26)34/h1-13,15-16,27-28,33,35,40-41H,14,17-19H2/t27-,28-,33+,34+/m0/s1. The molecule has 4 aromatic rings. The summed E-state index contributed by atoms with van der Waals surface area (Å²) in [4.78, 5) is 54.3. The van der Waals surface area contributed by atoms with E-state index in [0.717, 1.165) is 16.8 Å². The van der Waals surface area contributed by atoms with E-state index in [2.05, 4.69) is 5.32 Å². The molecule has 0 bridgehead atoms. The van der Waals surface area contributed by atoms with Crippen molar-refractivity contribution >= 4 is 28.9 Å². The van der Waals surface area contributed by atoms with E-state index in [9.17, 15) is 40.0 Å². The number of phenolic OH excluding ortho intramolecular Hbond substituents is 2. The van der Waals surface area contributed by atoms with Crippen LogP contribution >= 0.6 is 0 Å². The van der Waals surface area contributed by atoms with Crippen molar-refractivity contribution in [2.24, 2.45) is 0 Å². The van der Waals surface area contributed by atoms with E-state index in [1.807, 2.05) is 54.6 Å². The second kappa shape index (κ2) is 11.1. The summed E-state index contributed by atoms with van der Waals surface area (Å²) in [5, 5.41) is 48.1. The molecule has 3 aliphatic rings. The lowest BCUT2D eigenvalue weighted by atomic mass is 9.73. The summed E-state index contributed by atoms with van der Waals surface area (Å²) in [6.07, 6.45) is -0.323. The highest BCUT2D eigenvalue weighted by Gasteiger charge is 2.64. The molecule has 13 heteroatoms. The molecule has 2 fully saturated rings. The van der Waals surface area contributed by atoms with Crippen LogP contribution in [-0.2, 0) is 34.4 Å². The van der Waals surface area contributed by atoms with Crippen LogP contribution in [0.4, 0.5) is 17.1 Å². The zero-order chi connectivity index (χ0) is 33.0. The van der Waals surface area contributed by atoms with Crippen LogP contribution in [0.25, 0.3) is 0 Å². The number of fused-ring (bicyclic) bond motifs is 5. The van der Waals surface area contributed by atoms with Gasteiger partial charge in [0.1, 0.15) is 29.7 Å². The van der Waals surface area contributed by atoms with Gasteiger partial charge in [-0.1, -0.05) is 48.5 Å². The molecule has 13 nitrogen and oxygen atoms in total. The predicted octanol–water partition coefficient (Wildman–Crippen LogP) is 4.40. The fourth-order valence-electron chi connectivity index (χ4n) is 7.44. The lowest BCUT2D eigenvalue weighted by molar-refractivity contribution is -0.385. The first-order chi connectivity index (χ1) is 22.6. The molecule has 0 unspecified atom stereocenters. The number of nitrogens with one attached hydrogen (secondary N) is 1. The summed E-state index contributed by atoms with van der Waals surface area (Å²) in [5.74, 6) is -1.12. The van der Waals surface area contributed by atoms with Crippen LogP contribution in [0.2, 0.25) is 0 Å². The van der Waals surface area contributed by atoms with Crippen LogP contribution in [0.3, 0.4) is 0 Å². The Balaban J connectivity index is 1.33. The van der Waals surface area contributed by atoms with Gasteiger partial charge in [-0.15, -0.1) is 0 Å². The number of nitro benzene ring substituents is 2. The van der Waals surface area contributed by atoms with Gasteiger partial charge in [0.2, 0.25) is 11.8 Å². The van der Waals surface area contributed by atoms with Gasteiger partial charge in [-0.2, -0.15) is 0 Å². The number of rotatable bonds is 8. The number of phenols is 2. The Bertz CT molecular complexity index is 1950. The van der Waals surface area contributed by atoms with Crippen LogP contribution in [-0.4, -0.2) is 59.9 Å². The Morgan fingerprint density at radius 3 is 2.11 bits per heavy atom. The fourth-order valence-corrected chi connectivity index (χ4v) is 7.44. The van der Waals surface area contributed by atoms with E-state index in [1.165, 1.54) is 41.3 Å². The number of nitrogens with zero attached hydrogens (tertiary/aromatic N) is 4. The molecule has 4 aromatic carbocycles. The average molecular weight is 636 g/mol. The zero-order valence-electron chi connectivity index (χ0n) is 24.9. The van der Waals surface area contributed by atoms with Gasteiger partial charge in [0, 0.05) is 52.9 Å². The minimum atomic E-state index is -1.01. The number of amides is 2. The topological polar surface area (TPSA) is 179 Å². The number of nitro groups is 2. The molecule has 4 atom stereocenters. The Morgan fingerprint density at radius 1 is 0.809 bits per heavy atom. The SMILES string of the molecule is O=C1[C@@H]2C[C@]3(Cc4cc([N+](=O)[O-])ccc4O)c4ccccc4N[C@@H]3N2C(=O)[C@H](Cc2ccccc2)N1Cc1cc([N+](=O)[O-])ccc1O. The first kappa shape index (κ1) is 29.7. The second-order valence-electron chi connectivity index (χ2n) is 12.2. The van der Waals surface area contributed by atoms with Crippen molar-refractivity contribution in [2.45, 2.75) is 49.5 Å². The lowest BCUT2D eigenvalue weighted by Gasteiger charge is -2.44. The number of aromatic hydroxyl groups is 2. The minimum absolute atomic E-state index is 0.0950. The largest absolute Gasteiger partial charge is 0.508 e. The molecular weight excluding hydrogens is 606 g/mol. The van der Waals surface area contributed by atoms with Crippen LogP contribution in [0.5, 0.6) is 11.5 Å². The zero-order valence-corrected chi connectivity index (χ0v) is 24.9. The van der Waals surface area contributed by atoms with Crippen molar-refractivity contribution < 1.29 is 29.6 Å². The third-order valence-corrected chi connectivity index (χ3v) is 9.60. The lowest BCUT2D eigenvalue weighted by Crippen LogP contribution is -2.65. The molecule has 0 saturated carbocycles. The van der Waals surface area contributed by atoms with E-state index in [0.29, 0.717) is 5.56 Å². The van der Waals surface area contributed by atoms with Crippen molar-refractivity contribution in [1.82, 2.24) is 9.80 Å². The van der Waals surface area contributed by atoms with Gasteiger partial charge in [-0.3, -0.25) is 29.8 Å². The van der Waals surface area contributed by atoms with Crippen LogP contribution in [0.15, 0.2) is 91.0 Å². The van der Waals surface area contributed by atoms with E-state index in [1.54, 1.807) is 4.90 Å². The van der Waals surface area contributed by atoms with Gasteiger partial charge in [0.05, 0.1) is 16.4 Å². The molecule has 238 valence electrons. The maximum atomic E-state index is 14.7. The summed E-state index contributed by atoms with van der Waals surface area (Å²) in [6.45, 7) is -0.243. The molecule has 0 spiro atoms. The summed E-state index contributed by atoms with van der Waals surface area (Å²) in [6, 6.07) is 22.0. The maximum absolute atomic E-state index is 14.7. The molecule has 7 rings (SSSR count). The highest BCUT2D eigenvalue weighted by molar-refractivity contribution is 5.99. The first-order valence-corrected chi connectivity index (χ1v) is 15.0. The Hall–Kier alpha value is -5.98. The number of para-hydroxylation sites is 1. The predicted molar refractivity (Wildman–Crippen MR) is 168 cm³/mol. The summed E-state index contributed by atoms with van der Waals surface area (Å²) >= 11 is 0. The van der Waals surface area contributed by atoms with Gasteiger partial charge in [-0.25, -0.2) is 0 Å². The molecule has 2 saturated heterocycles. The Labute approximate surface area is 268 Å². The van der Waals surface area contributed by atoms with Crippen LogP contribution < -0.4 is 5.32 Å². The van der Waals surface area contributed by atoms with Crippen molar-refractivity contribution in [3.63, 3.8) is 0 Å². The molecule has 0 radical (unpaired) electrons. The maximum Gasteiger partial charge on any atom is 0.270 e. The second-order valence-corrected chi connectivity index (χ2v) is 12.2. The van der Waals surface area contributed by atoms with E-state index >= 15 is 0 Å². The average Bonchev–Trinajstić information content (AvgIpc) is 3.54. The monoisotopic (exact) mass is 635 g/mol. The molecule has 3 aliphatic heterocycles. The van der Waals surface area contributed by atoms with Crippen LogP contribution in [0, 0.1) is 20.2 Å². The third-order valence-electron chi connectivity index (χ3n) is 9.60. The number of hydrogen-bond donors (Lipinski definition) is 3. The molecule has 47 heavy (non-hydrogen) atoms. The number of piperazine rings is 1. The smallest absolute Gasteiger partial charge is 0.270 e. The highest BCUT2D eigenvalue weighted by Crippen LogP contribution is 2.55. The van der Waals surface area contributed by atoms with Crippen LogP contribution in [0.1, 0.15) is 28.7 Å². The Morgan fingerprint density at radius 2 is 1.43 bits per heavy atom. The molecule has 3 N–H and O–H groups in total. The fraction of sp³-hybridized carbons (Fsp3) is 0.235. The van der Waals surface area contributed by atoms with Crippen molar-refractivity contribution in [1.29, 1.82) is 0 Å². The van der Waals surface area contributed by atoms with Gasteiger partial charge < -0.3 is 25.3 Å². The summed E-state index contributed by atoms with van der Waals surface area (Å²) < 4.78 is 0. The molecule has 3 heterocycles. The number of benzene rings is 4. The molecule has 0 aliphatic carbocycles. The number of hydrogen-bond acceptors (Lipinski definition) is 9. The third kappa shape index (κ3) is 4.87. The number of anilines is 1. The van der Waals surface area contributed by atoms with E-state index in [4.69, 9.17) is 0 Å². The van der Waals surface area contributed by atoms with Gasteiger partial charge in [-0.05, 0) is 42.2 Å². The Kier molecular flexibility index (Phi) is 7.03. The van der Waals surface area contributed by atoms with Gasteiger partial charge in [0.15, 0.2) is 0 Å². The van der Waals surface area contributed by atoms with Crippen molar-refractivity contribution in [3.8, 4) is 11.5 Å². The summed E-state index contributed by atoms with van der Waals surface area (Å²) in [5.41, 5.74) is 1.39. The summed E-state index contributed by atoms with van der Waals surface area (Å²) in [7, 11) is 0. The number of carbonyl (C=O) groups excluding carboxylic acids is 2. The highest BCUT2D eigenvalue weighted by atomic mass is 16.6. The van der Waals surface area contributed by atoms with Crippen molar-refractivity contribution in [2.75, 3.05) is 5.32 Å². The molecular formula is C34H29N5O8. The number of non-ortho nitro benzene ring substituents is 2. The van der Waals surface area contributed by atoms with E-state index < -0.39 is 39.4 Å². The van der Waals surface area contributed by atoms with Gasteiger partial charge >= 0.3 is 0 Å². The molecule has 0 aromatic heterocycles. The molecule has 2 amide bonds. The normalized spacial score (nSPS) is 22.8.